The number of fused-ring (bicyclic) bond motifs is 10. The molecule has 0 aliphatic carbocycles. The van der Waals surface area contributed by atoms with Gasteiger partial charge in [-0.15, -0.1) is 42.4 Å². The molecule has 7 aromatic carbocycles. The Hall–Kier alpha value is -8.66. The fourth-order valence-corrected chi connectivity index (χ4v) is 11.2. The monoisotopic (exact) mass is 1170 g/mol. The van der Waals surface area contributed by atoms with Crippen molar-refractivity contribution in [2.24, 2.45) is 0 Å². The van der Waals surface area contributed by atoms with Gasteiger partial charge in [-0.25, -0.2) is 9.97 Å². The van der Waals surface area contributed by atoms with Crippen LogP contribution in [0.2, 0.25) is 0 Å². The van der Waals surface area contributed by atoms with Gasteiger partial charge < -0.3 is 19.1 Å². The van der Waals surface area contributed by atoms with E-state index >= 15 is 0 Å². The smallest absolute Gasteiger partial charge is 0.241 e. The second-order valence-corrected chi connectivity index (χ2v) is 20.6. The number of nitrogens with zero attached hydrogens (tertiary/aromatic N) is 10. The summed E-state index contributed by atoms with van der Waals surface area (Å²) in [6, 6.07) is 59.6. The Kier molecular flexibility index (Phi) is 11.0. The van der Waals surface area contributed by atoms with Crippen LogP contribution in [0, 0.1) is 46.5 Å². The molecule has 0 amide bonds. The number of aryl methyl sites for hydroxylation is 4. The van der Waals surface area contributed by atoms with Gasteiger partial charge in [0.15, 0.2) is 0 Å². The minimum absolute atomic E-state index is 0. The Morgan fingerprint density at radius 1 is 0.474 bits per heavy atom. The largest absolute Gasteiger partial charge is 0.509 e. The molecule has 14 rings (SSSR count). The van der Waals surface area contributed by atoms with E-state index < -0.39 is 0 Å². The van der Waals surface area contributed by atoms with Crippen molar-refractivity contribution in [3.05, 3.63) is 211 Å². The van der Waals surface area contributed by atoms with Gasteiger partial charge in [0.05, 0.1) is 27.8 Å². The second kappa shape index (κ2) is 17.7. The SMILES string of the molecule is Cc1cccc2c3cccc(C)c3n(-c3nc(N4[CH-]N(c5[c-]c(Oc6[c-]c7c(cc6)c6ccccc6n7-c6cc(C(C)(C)C)ccn6)ccc5)c5ncccc54)nc(-n4c5c(C)cccc5c5cccc(C)c54)n3)c12.[Pt]. The van der Waals surface area contributed by atoms with Crippen LogP contribution in [0.4, 0.5) is 23.1 Å². The number of anilines is 4. The summed E-state index contributed by atoms with van der Waals surface area (Å²) in [5.41, 5.74) is 13.2. The summed E-state index contributed by atoms with van der Waals surface area (Å²) < 4.78 is 13.3. The van der Waals surface area contributed by atoms with E-state index in [1.807, 2.05) is 59.1 Å². The predicted molar refractivity (Wildman–Crippen MR) is 302 cm³/mol. The summed E-state index contributed by atoms with van der Waals surface area (Å²) in [5, 5.41) is 6.71. The first-order valence-corrected chi connectivity index (χ1v) is 25.2. The van der Waals surface area contributed by atoms with E-state index in [1.165, 1.54) is 5.56 Å². The standard InChI is InChI=1S/C64H49N10O.Pt/c1-38-16-10-23-48-49-24-11-17-39(2)57(49)73(56(38)48)62-67-61(68-63(69-62)74-58-40(3)18-12-25-50(58)51-26-13-19-41(4)59(51)74)71-37-70(60-53(71)28-15-32-66-60)43-20-14-21-44(35-43)75-45-29-30-47-46-22-8-9-27-52(46)72(54(47)36-45)55-34-42(31-33-65-55)64(5,6)7;/h8-34,37H,1-7H3;/q-3;. The van der Waals surface area contributed by atoms with Crippen molar-refractivity contribution in [1.29, 1.82) is 0 Å². The van der Waals surface area contributed by atoms with Crippen molar-refractivity contribution >= 4 is 88.6 Å². The molecule has 13 aromatic rings. The molecule has 0 saturated carbocycles. The van der Waals surface area contributed by atoms with Crippen molar-refractivity contribution in [1.82, 2.24) is 38.6 Å². The molecule has 76 heavy (non-hydrogen) atoms. The summed E-state index contributed by atoms with van der Waals surface area (Å²) >= 11 is 0. The zero-order chi connectivity index (χ0) is 50.9. The molecule has 0 bridgehead atoms. The average Bonchev–Trinajstić information content (AvgIpc) is 4.18. The van der Waals surface area contributed by atoms with E-state index in [9.17, 15) is 0 Å². The van der Waals surface area contributed by atoms with Gasteiger partial charge in [-0.2, -0.15) is 27.1 Å². The average molecular weight is 1170 g/mol. The summed E-state index contributed by atoms with van der Waals surface area (Å²) in [7, 11) is 0. The molecule has 374 valence electrons. The molecule has 12 heteroatoms. The van der Waals surface area contributed by atoms with Crippen molar-refractivity contribution in [3.63, 3.8) is 0 Å². The molecule has 7 heterocycles. The zero-order valence-corrected chi connectivity index (χ0v) is 45.1. The number of hydrogen-bond donors (Lipinski definition) is 0. The number of aromatic nitrogens is 8. The summed E-state index contributed by atoms with van der Waals surface area (Å²) in [5.74, 6) is 4.00. The molecular formula is C64H49N10OPt-3. The van der Waals surface area contributed by atoms with E-state index in [4.69, 9.17) is 29.7 Å². The third kappa shape index (κ3) is 7.31. The normalized spacial score (nSPS) is 12.7. The molecule has 6 aromatic heterocycles. The molecule has 0 unspecified atom stereocenters. The topological polar surface area (TPSA) is 95.0 Å². The minimum Gasteiger partial charge on any atom is -0.509 e. The molecule has 0 N–H and O–H groups in total. The first-order valence-electron chi connectivity index (χ1n) is 25.2. The van der Waals surface area contributed by atoms with Crippen molar-refractivity contribution in [3.8, 4) is 29.2 Å². The third-order valence-electron chi connectivity index (χ3n) is 14.8. The van der Waals surface area contributed by atoms with Crippen LogP contribution in [0.1, 0.15) is 48.6 Å². The Balaban J connectivity index is 0.00000553. The first kappa shape index (κ1) is 47.1. The number of benzene rings is 7. The third-order valence-corrected chi connectivity index (χ3v) is 14.8. The number of rotatable bonds is 7. The summed E-state index contributed by atoms with van der Waals surface area (Å²) in [6.45, 7) is 17.2. The number of hydrogen-bond acceptors (Lipinski definition) is 8. The van der Waals surface area contributed by atoms with E-state index in [2.05, 4.69) is 190 Å². The molecule has 0 radical (unpaired) electrons. The van der Waals surface area contributed by atoms with E-state index in [1.54, 1.807) is 6.20 Å². The molecule has 0 spiro atoms. The number of pyridine rings is 2. The quantitative estimate of drug-likeness (QED) is 0.146. The van der Waals surface area contributed by atoms with Gasteiger partial charge in [-0.1, -0.05) is 123 Å². The van der Waals surface area contributed by atoms with Crippen LogP contribution in [0.3, 0.4) is 0 Å². The fraction of sp³-hybridized carbons (Fsp3) is 0.125. The van der Waals surface area contributed by atoms with Gasteiger partial charge in [0, 0.05) is 72.0 Å². The molecular weight excluding hydrogens is 1120 g/mol. The summed E-state index contributed by atoms with van der Waals surface area (Å²) in [6.07, 6.45) is 3.69. The zero-order valence-electron chi connectivity index (χ0n) is 42.9. The van der Waals surface area contributed by atoms with Gasteiger partial charge in [-0.3, -0.25) is 9.13 Å². The van der Waals surface area contributed by atoms with E-state index in [0.29, 0.717) is 40.8 Å². The summed E-state index contributed by atoms with van der Waals surface area (Å²) in [4.78, 5) is 30.3. The Labute approximate surface area is 454 Å². The predicted octanol–water partition coefficient (Wildman–Crippen LogP) is 15.3. The molecule has 0 fully saturated rings. The number of ether oxygens (including phenoxy) is 1. The minimum atomic E-state index is -0.0515. The van der Waals surface area contributed by atoms with Gasteiger partial charge >= 0.3 is 0 Å². The van der Waals surface area contributed by atoms with Crippen LogP contribution in [-0.4, -0.2) is 38.6 Å². The van der Waals surface area contributed by atoms with Crippen LogP contribution >= 0.6 is 0 Å². The van der Waals surface area contributed by atoms with Gasteiger partial charge in [0.2, 0.25) is 17.8 Å². The van der Waals surface area contributed by atoms with Gasteiger partial charge in [0.25, 0.3) is 0 Å². The maximum absolute atomic E-state index is 6.69. The number of para-hydroxylation sites is 5. The second-order valence-electron chi connectivity index (χ2n) is 20.6. The Bertz CT molecular complexity index is 4240. The van der Waals surface area contributed by atoms with Crippen LogP contribution in [0.5, 0.6) is 11.5 Å². The van der Waals surface area contributed by atoms with Gasteiger partial charge in [0.1, 0.15) is 11.6 Å². The van der Waals surface area contributed by atoms with E-state index in [0.717, 1.165) is 99.2 Å². The van der Waals surface area contributed by atoms with Crippen LogP contribution < -0.4 is 14.5 Å². The van der Waals surface area contributed by atoms with Crippen LogP contribution in [-0.2, 0) is 26.5 Å². The molecule has 11 nitrogen and oxygen atoms in total. The first-order chi connectivity index (χ1) is 36.5. The van der Waals surface area contributed by atoms with Crippen LogP contribution in [0.25, 0.3) is 83.1 Å². The molecule has 1 aliphatic rings. The van der Waals surface area contributed by atoms with Crippen molar-refractivity contribution < 1.29 is 25.8 Å². The maximum atomic E-state index is 6.69. The Morgan fingerprint density at radius 2 is 1.03 bits per heavy atom. The van der Waals surface area contributed by atoms with E-state index in [-0.39, 0.29) is 26.5 Å². The van der Waals surface area contributed by atoms with Crippen LogP contribution in [0.15, 0.2) is 164 Å². The van der Waals surface area contributed by atoms with Crippen molar-refractivity contribution in [2.75, 3.05) is 9.80 Å². The van der Waals surface area contributed by atoms with Gasteiger partial charge in [-0.05, 0) is 96.6 Å². The molecule has 0 atom stereocenters. The fourth-order valence-electron chi connectivity index (χ4n) is 11.2. The molecule has 0 saturated heterocycles. The maximum Gasteiger partial charge on any atom is 0.241 e. The van der Waals surface area contributed by atoms with Crippen molar-refractivity contribution in [2.45, 2.75) is 53.9 Å². The Morgan fingerprint density at radius 3 is 1.63 bits per heavy atom. The molecule has 1 aliphatic heterocycles.